The molecule has 2 rings (SSSR count). The van der Waals surface area contributed by atoms with Gasteiger partial charge in [0, 0.05) is 6.04 Å². The molecular formula is C14H20N2O. The Hall–Kier alpha value is -1.35. The van der Waals surface area contributed by atoms with Crippen molar-refractivity contribution in [2.45, 2.75) is 44.7 Å². The Balaban J connectivity index is 2.27. The monoisotopic (exact) mass is 232 g/mol. The van der Waals surface area contributed by atoms with Gasteiger partial charge in [-0.3, -0.25) is 10.1 Å². The molecule has 1 atom stereocenters. The summed E-state index contributed by atoms with van der Waals surface area (Å²) in [6, 6.07) is 8.56. The molecule has 1 unspecified atom stereocenters. The third-order valence-electron chi connectivity index (χ3n) is 3.50. The highest BCUT2D eigenvalue weighted by Gasteiger charge is 2.38. The van der Waals surface area contributed by atoms with Crippen LogP contribution in [0.15, 0.2) is 24.3 Å². The van der Waals surface area contributed by atoms with E-state index in [-0.39, 0.29) is 5.91 Å². The van der Waals surface area contributed by atoms with Crippen LogP contribution in [-0.2, 0) is 16.8 Å². The van der Waals surface area contributed by atoms with Gasteiger partial charge in [-0.2, -0.15) is 0 Å². The number of nitrogens with one attached hydrogen (secondary N) is 1. The normalized spacial score (nSPS) is 18.7. The first-order valence-corrected chi connectivity index (χ1v) is 6.23. The van der Waals surface area contributed by atoms with Crippen LogP contribution in [-0.4, -0.2) is 11.9 Å². The van der Waals surface area contributed by atoms with E-state index >= 15 is 0 Å². The predicted molar refractivity (Wildman–Crippen MR) is 68.5 cm³/mol. The number of hydrogen-bond donors (Lipinski definition) is 2. The van der Waals surface area contributed by atoms with Crippen LogP contribution in [0.5, 0.6) is 0 Å². The van der Waals surface area contributed by atoms with Crippen molar-refractivity contribution < 1.29 is 4.79 Å². The molecule has 17 heavy (non-hydrogen) atoms. The SMILES string of the molecule is CCc1ccc(C(C)(NC2CC2)C(N)=O)cc1. The number of rotatable bonds is 5. The number of primary amides is 1. The number of hydrogen-bond acceptors (Lipinski definition) is 2. The minimum atomic E-state index is -0.743. The van der Waals surface area contributed by atoms with Gasteiger partial charge in [0.2, 0.25) is 5.91 Å². The van der Waals surface area contributed by atoms with Gasteiger partial charge < -0.3 is 5.73 Å². The largest absolute Gasteiger partial charge is 0.368 e. The molecule has 1 aromatic carbocycles. The molecule has 92 valence electrons. The molecule has 1 aliphatic rings. The minimum Gasteiger partial charge on any atom is -0.368 e. The van der Waals surface area contributed by atoms with Crippen molar-refractivity contribution in [3.63, 3.8) is 0 Å². The molecule has 1 aliphatic carbocycles. The zero-order valence-electron chi connectivity index (χ0n) is 10.5. The fourth-order valence-corrected chi connectivity index (χ4v) is 2.01. The van der Waals surface area contributed by atoms with E-state index in [1.54, 1.807) is 0 Å². The lowest BCUT2D eigenvalue weighted by Gasteiger charge is -2.28. The van der Waals surface area contributed by atoms with E-state index in [4.69, 9.17) is 5.73 Å². The lowest BCUT2D eigenvalue weighted by atomic mass is 9.90. The molecular weight excluding hydrogens is 212 g/mol. The maximum absolute atomic E-state index is 11.7. The molecule has 0 saturated heterocycles. The second-order valence-electron chi connectivity index (χ2n) is 4.96. The summed E-state index contributed by atoms with van der Waals surface area (Å²) in [6.45, 7) is 3.99. The highest BCUT2D eigenvalue weighted by Crippen LogP contribution is 2.28. The Morgan fingerprint density at radius 3 is 2.41 bits per heavy atom. The predicted octanol–water partition coefficient (Wildman–Crippen LogP) is 1.70. The van der Waals surface area contributed by atoms with E-state index in [9.17, 15) is 4.79 Å². The maximum Gasteiger partial charge on any atom is 0.242 e. The van der Waals surface area contributed by atoms with Gasteiger partial charge in [0.25, 0.3) is 0 Å². The molecule has 3 nitrogen and oxygen atoms in total. The summed E-state index contributed by atoms with van der Waals surface area (Å²) >= 11 is 0. The summed E-state index contributed by atoms with van der Waals surface area (Å²) in [5.74, 6) is -0.311. The van der Waals surface area contributed by atoms with Gasteiger partial charge in [-0.15, -0.1) is 0 Å². The fraction of sp³-hybridized carbons (Fsp3) is 0.500. The Bertz CT molecular complexity index is 409. The average Bonchev–Trinajstić information content (AvgIpc) is 3.12. The Morgan fingerprint density at radius 1 is 1.41 bits per heavy atom. The van der Waals surface area contributed by atoms with E-state index < -0.39 is 5.54 Å². The molecule has 1 amide bonds. The van der Waals surface area contributed by atoms with Crippen LogP contribution >= 0.6 is 0 Å². The molecule has 1 fully saturated rings. The van der Waals surface area contributed by atoms with Gasteiger partial charge in [-0.05, 0) is 37.3 Å². The first-order valence-electron chi connectivity index (χ1n) is 6.23. The number of aryl methyl sites for hydroxylation is 1. The van der Waals surface area contributed by atoms with E-state index in [1.807, 2.05) is 19.1 Å². The van der Waals surface area contributed by atoms with Crippen LogP contribution in [0.25, 0.3) is 0 Å². The standard InChI is InChI=1S/C14H20N2O/c1-3-10-4-6-11(7-5-10)14(2,13(15)17)16-12-8-9-12/h4-7,12,16H,3,8-9H2,1-2H3,(H2,15,17). The van der Waals surface area contributed by atoms with Crippen molar-refractivity contribution in [2.24, 2.45) is 5.73 Å². The van der Waals surface area contributed by atoms with E-state index in [1.165, 1.54) is 5.56 Å². The molecule has 1 saturated carbocycles. The van der Waals surface area contributed by atoms with E-state index in [0.29, 0.717) is 6.04 Å². The molecule has 0 radical (unpaired) electrons. The number of nitrogens with two attached hydrogens (primary N) is 1. The summed E-state index contributed by atoms with van der Waals surface area (Å²) < 4.78 is 0. The first-order chi connectivity index (χ1) is 8.06. The topological polar surface area (TPSA) is 55.1 Å². The smallest absolute Gasteiger partial charge is 0.242 e. The zero-order chi connectivity index (χ0) is 12.5. The Labute approximate surface area is 102 Å². The summed E-state index contributed by atoms with van der Waals surface area (Å²) in [5, 5.41) is 3.35. The molecule has 0 spiro atoms. The van der Waals surface area contributed by atoms with Crippen molar-refractivity contribution in [2.75, 3.05) is 0 Å². The van der Waals surface area contributed by atoms with Gasteiger partial charge >= 0.3 is 0 Å². The van der Waals surface area contributed by atoms with Crippen LogP contribution in [0.2, 0.25) is 0 Å². The van der Waals surface area contributed by atoms with Crippen molar-refractivity contribution in [3.05, 3.63) is 35.4 Å². The zero-order valence-corrected chi connectivity index (χ0v) is 10.5. The van der Waals surface area contributed by atoms with Crippen molar-refractivity contribution in [3.8, 4) is 0 Å². The first kappa shape index (κ1) is 12.1. The highest BCUT2D eigenvalue weighted by atomic mass is 16.1. The average molecular weight is 232 g/mol. The third kappa shape index (κ3) is 2.50. The summed E-state index contributed by atoms with van der Waals surface area (Å²) in [7, 11) is 0. The lowest BCUT2D eigenvalue weighted by molar-refractivity contribution is -0.124. The third-order valence-corrected chi connectivity index (χ3v) is 3.50. The molecule has 0 bridgehead atoms. The maximum atomic E-state index is 11.7. The Kier molecular flexibility index (Phi) is 3.20. The van der Waals surface area contributed by atoms with Crippen molar-refractivity contribution in [1.82, 2.24) is 5.32 Å². The number of benzene rings is 1. The quantitative estimate of drug-likeness (QED) is 0.812. The van der Waals surface area contributed by atoms with E-state index in [2.05, 4.69) is 24.4 Å². The van der Waals surface area contributed by atoms with Crippen LogP contribution in [0.3, 0.4) is 0 Å². The van der Waals surface area contributed by atoms with Crippen molar-refractivity contribution >= 4 is 5.91 Å². The Morgan fingerprint density at radius 2 is 2.00 bits per heavy atom. The molecule has 3 N–H and O–H groups in total. The highest BCUT2D eigenvalue weighted by molar-refractivity contribution is 5.85. The van der Waals surface area contributed by atoms with Crippen LogP contribution in [0, 0.1) is 0 Å². The van der Waals surface area contributed by atoms with Gasteiger partial charge in [-0.25, -0.2) is 0 Å². The number of carbonyl (C=O) groups excluding carboxylic acids is 1. The van der Waals surface area contributed by atoms with Gasteiger partial charge in [-0.1, -0.05) is 31.2 Å². The lowest BCUT2D eigenvalue weighted by Crippen LogP contribution is -2.51. The molecule has 3 heteroatoms. The van der Waals surface area contributed by atoms with Gasteiger partial charge in [0.05, 0.1) is 0 Å². The van der Waals surface area contributed by atoms with Crippen molar-refractivity contribution in [1.29, 1.82) is 0 Å². The van der Waals surface area contributed by atoms with Crippen LogP contribution in [0.4, 0.5) is 0 Å². The van der Waals surface area contributed by atoms with E-state index in [0.717, 1.165) is 24.8 Å². The summed E-state index contributed by atoms with van der Waals surface area (Å²) in [4.78, 5) is 11.7. The molecule has 0 aromatic heterocycles. The second-order valence-corrected chi connectivity index (χ2v) is 4.96. The second kappa shape index (κ2) is 4.49. The molecule has 0 aliphatic heterocycles. The van der Waals surface area contributed by atoms with Crippen LogP contribution in [0.1, 0.15) is 37.8 Å². The van der Waals surface area contributed by atoms with Crippen LogP contribution < -0.4 is 11.1 Å². The van der Waals surface area contributed by atoms with Gasteiger partial charge in [0.15, 0.2) is 0 Å². The molecule has 0 heterocycles. The molecule has 1 aromatic rings. The van der Waals surface area contributed by atoms with Gasteiger partial charge in [0.1, 0.15) is 5.54 Å². The number of carbonyl (C=O) groups is 1. The minimum absolute atomic E-state index is 0.311. The summed E-state index contributed by atoms with van der Waals surface area (Å²) in [6.07, 6.45) is 3.27. The fourth-order valence-electron chi connectivity index (χ4n) is 2.01. The number of amides is 1. The summed E-state index contributed by atoms with van der Waals surface area (Å²) in [5.41, 5.74) is 7.03.